The molecule has 3 nitrogen and oxygen atoms in total. The second-order valence-electron chi connectivity index (χ2n) is 6.56. The third kappa shape index (κ3) is 3.42. The molecule has 1 atom stereocenters. The highest BCUT2D eigenvalue weighted by Crippen LogP contribution is 2.48. The van der Waals surface area contributed by atoms with Crippen LogP contribution in [0.2, 0.25) is 5.02 Å². The Bertz CT molecular complexity index is 644. The van der Waals surface area contributed by atoms with Gasteiger partial charge in [-0.25, -0.2) is 4.39 Å². The molecular weight excluding hydrogens is 317 g/mol. The van der Waals surface area contributed by atoms with E-state index in [4.69, 9.17) is 17.3 Å². The summed E-state index contributed by atoms with van der Waals surface area (Å²) in [7, 11) is 0. The van der Waals surface area contributed by atoms with Crippen LogP contribution in [0.15, 0.2) is 6.07 Å². The minimum Gasteiger partial charge on any atom is -0.395 e. The summed E-state index contributed by atoms with van der Waals surface area (Å²) in [6, 6.07) is 1.22. The fourth-order valence-electron chi connectivity index (χ4n) is 3.48. The SMILES string of the molecule is CCCCC1(CCCC(C)=O)Cc2c(cc(F)c(N)c2Cl)C1=O. The molecular formula is C18H23ClFNO2. The fourth-order valence-corrected chi connectivity index (χ4v) is 3.74. The van der Waals surface area contributed by atoms with Crippen molar-refractivity contribution in [3.05, 3.63) is 28.0 Å². The Kier molecular flexibility index (Phi) is 5.45. The van der Waals surface area contributed by atoms with E-state index in [1.54, 1.807) is 6.92 Å². The molecule has 0 spiro atoms. The number of ketones is 2. The lowest BCUT2D eigenvalue weighted by atomic mass is 9.75. The molecule has 1 aliphatic carbocycles. The monoisotopic (exact) mass is 339 g/mol. The van der Waals surface area contributed by atoms with Crippen molar-refractivity contribution in [3.8, 4) is 0 Å². The second-order valence-corrected chi connectivity index (χ2v) is 6.94. The average molecular weight is 340 g/mol. The van der Waals surface area contributed by atoms with E-state index in [2.05, 4.69) is 6.92 Å². The number of unbranched alkanes of at least 4 members (excludes halogenated alkanes) is 1. The number of nitrogen functional groups attached to an aromatic ring is 1. The van der Waals surface area contributed by atoms with Crippen molar-refractivity contribution in [1.29, 1.82) is 0 Å². The van der Waals surface area contributed by atoms with Gasteiger partial charge in [0.05, 0.1) is 10.7 Å². The Morgan fingerprint density at radius 3 is 2.65 bits per heavy atom. The summed E-state index contributed by atoms with van der Waals surface area (Å²) in [4.78, 5) is 24.2. The minimum atomic E-state index is -0.642. The van der Waals surface area contributed by atoms with Crippen LogP contribution in [0.1, 0.15) is 68.3 Å². The van der Waals surface area contributed by atoms with Gasteiger partial charge in [-0.05, 0) is 44.2 Å². The number of Topliss-reactive ketones (excluding diaryl/α,β-unsaturated/α-hetero) is 2. The van der Waals surface area contributed by atoms with Gasteiger partial charge in [0.25, 0.3) is 0 Å². The first-order valence-electron chi connectivity index (χ1n) is 8.13. The van der Waals surface area contributed by atoms with Gasteiger partial charge < -0.3 is 10.5 Å². The molecule has 2 rings (SSSR count). The molecule has 5 heteroatoms. The maximum atomic E-state index is 13.9. The lowest BCUT2D eigenvalue weighted by molar-refractivity contribution is -0.117. The number of carbonyl (C=O) groups excluding carboxylic acids is 2. The maximum absolute atomic E-state index is 13.9. The number of hydrogen-bond donors (Lipinski definition) is 1. The summed E-state index contributed by atoms with van der Waals surface area (Å²) in [6.07, 6.45) is 4.85. The fraction of sp³-hybridized carbons (Fsp3) is 0.556. The molecule has 0 bridgehead atoms. The lowest BCUT2D eigenvalue weighted by Crippen LogP contribution is -2.28. The van der Waals surface area contributed by atoms with E-state index >= 15 is 0 Å². The van der Waals surface area contributed by atoms with Crippen LogP contribution < -0.4 is 5.73 Å². The number of nitrogens with two attached hydrogens (primary N) is 1. The molecule has 126 valence electrons. The number of anilines is 1. The summed E-state index contributed by atoms with van der Waals surface area (Å²) in [6.45, 7) is 3.62. The van der Waals surface area contributed by atoms with E-state index in [0.29, 0.717) is 36.8 Å². The zero-order valence-electron chi connectivity index (χ0n) is 13.7. The van der Waals surface area contributed by atoms with E-state index in [1.807, 2.05) is 0 Å². The van der Waals surface area contributed by atoms with Crippen molar-refractivity contribution in [2.45, 2.75) is 58.8 Å². The second kappa shape index (κ2) is 7.00. The van der Waals surface area contributed by atoms with Gasteiger partial charge in [-0.1, -0.05) is 31.4 Å². The molecule has 1 aromatic carbocycles. The van der Waals surface area contributed by atoms with Gasteiger partial charge in [0.1, 0.15) is 11.6 Å². The maximum Gasteiger partial charge on any atom is 0.169 e. The van der Waals surface area contributed by atoms with E-state index in [0.717, 1.165) is 19.3 Å². The van der Waals surface area contributed by atoms with Crippen LogP contribution in [0.25, 0.3) is 0 Å². The first-order chi connectivity index (χ1) is 10.8. The highest BCUT2D eigenvalue weighted by atomic mass is 35.5. The molecule has 0 aromatic heterocycles. The van der Waals surface area contributed by atoms with Gasteiger partial charge in [-0.3, -0.25) is 4.79 Å². The van der Waals surface area contributed by atoms with E-state index in [-0.39, 0.29) is 22.3 Å². The highest BCUT2D eigenvalue weighted by molar-refractivity contribution is 6.34. The first-order valence-corrected chi connectivity index (χ1v) is 8.51. The van der Waals surface area contributed by atoms with Crippen LogP contribution in [0.3, 0.4) is 0 Å². The Balaban J connectivity index is 2.35. The number of fused-ring (bicyclic) bond motifs is 1. The van der Waals surface area contributed by atoms with Crippen LogP contribution in [0.4, 0.5) is 10.1 Å². The topological polar surface area (TPSA) is 60.2 Å². The predicted molar refractivity (Wildman–Crippen MR) is 90.3 cm³/mol. The van der Waals surface area contributed by atoms with Crippen molar-refractivity contribution < 1.29 is 14.0 Å². The number of rotatable bonds is 7. The number of carbonyl (C=O) groups is 2. The van der Waals surface area contributed by atoms with Crippen LogP contribution in [0.5, 0.6) is 0 Å². The average Bonchev–Trinajstić information content (AvgIpc) is 2.77. The quantitative estimate of drug-likeness (QED) is 0.730. The lowest BCUT2D eigenvalue weighted by Gasteiger charge is -2.27. The van der Waals surface area contributed by atoms with Gasteiger partial charge in [0, 0.05) is 17.4 Å². The Morgan fingerprint density at radius 2 is 2.04 bits per heavy atom. The molecule has 0 heterocycles. The summed E-state index contributed by atoms with van der Waals surface area (Å²) in [5.41, 5.74) is 6.03. The van der Waals surface area contributed by atoms with Crippen LogP contribution >= 0.6 is 11.6 Å². The van der Waals surface area contributed by atoms with Gasteiger partial charge >= 0.3 is 0 Å². The molecule has 0 aliphatic heterocycles. The summed E-state index contributed by atoms with van der Waals surface area (Å²) >= 11 is 6.18. The number of benzene rings is 1. The highest BCUT2D eigenvalue weighted by Gasteiger charge is 2.45. The van der Waals surface area contributed by atoms with E-state index in [1.165, 1.54) is 6.07 Å². The molecule has 0 radical (unpaired) electrons. The predicted octanol–water partition coefficient (Wildman–Crippen LogP) is 4.74. The third-order valence-electron chi connectivity index (χ3n) is 4.79. The molecule has 0 saturated heterocycles. The Labute approximate surface area is 141 Å². The normalized spacial score (nSPS) is 19.9. The van der Waals surface area contributed by atoms with Crippen molar-refractivity contribution in [1.82, 2.24) is 0 Å². The molecule has 0 amide bonds. The van der Waals surface area contributed by atoms with Crippen molar-refractivity contribution in [2.75, 3.05) is 5.73 Å². The Hall–Kier alpha value is -1.42. The summed E-state index contributed by atoms with van der Waals surface area (Å²) in [5.74, 6) is -0.575. The number of hydrogen-bond acceptors (Lipinski definition) is 3. The van der Waals surface area contributed by atoms with Crippen molar-refractivity contribution in [2.24, 2.45) is 5.41 Å². The van der Waals surface area contributed by atoms with E-state index in [9.17, 15) is 14.0 Å². The first kappa shape index (κ1) is 17.9. The van der Waals surface area contributed by atoms with Crippen molar-refractivity contribution in [3.63, 3.8) is 0 Å². The largest absolute Gasteiger partial charge is 0.395 e. The molecule has 0 fully saturated rings. The van der Waals surface area contributed by atoms with Crippen LogP contribution in [0, 0.1) is 11.2 Å². The van der Waals surface area contributed by atoms with Gasteiger partial charge in [-0.2, -0.15) is 0 Å². The van der Waals surface area contributed by atoms with E-state index < -0.39 is 11.2 Å². The summed E-state index contributed by atoms with van der Waals surface area (Å²) < 4.78 is 13.9. The number of halogens is 2. The third-order valence-corrected chi connectivity index (χ3v) is 5.22. The van der Waals surface area contributed by atoms with Crippen LogP contribution in [-0.2, 0) is 11.2 Å². The standard InChI is InChI=1S/C18H23ClFNO2/c1-3-4-7-18(8-5-6-11(2)22)10-13-12(17(18)23)9-14(20)16(21)15(13)19/h9H,3-8,10,21H2,1-2H3. The molecule has 1 unspecified atom stereocenters. The minimum absolute atomic E-state index is 0.0506. The van der Waals surface area contributed by atoms with Crippen molar-refractivity contribution >= 4 is 28.9 Å². The zero-order valence-corrected chi connectivity index (χ0v) is 14.4. The summed E-state index contributed by atoms with van der Waals surface area (Å²) in [5, 5.41) is 0.165. The molecule has 23 heavy (non-hydrogen) atoms. The molecule has 2 N–H and O–H groups in total. The molecule has 0 saturated carbocycles. The molecule has 1 aliphatic rings. The van der Waals surface area contributed by atoms with Gasteiger partial charge in [0.15, 0.2) is 5.78 Å². The molecule has 1 aromatic rings. The smallest absolute Gasteiger partial charge is 0.169 e. The zero-order chi connectivity index (χ0) is 17.2. The van der Waals surface area contributed by atoms with Gasteiger partial charge in [-0.15, -0.1) is 0 Å². The van der Waals surface area contributed by atoms with Gasteiger partial charge in [0.2, 0.25) is 0 Å². The van der Waals surface area contributed by atoms with Crippen LogP contribution in [-0.4, -0.2) is 11.6 Å². The Morgan fingerprint density at radius 1 is 1.39 bits per heavy atom.